The topological polar surface area (TPSA) is 26.0 Å². The van der Waals surface area contributed by atoms with E-state index >= 15 is 0 Å². The molecule has 1 aromatic rings. The smallest absolute Gasteiger partial charge is 0.125 e. The van der Waals surface area contributed by atoms with Crippen LogP contribution in [0.2, 0.25) is 0 Å². The van der Waals surface area contributed by atoms with Crippen molar-refractivity contribution in [3.05, 3.63) is 24.0 Å². The molecule has 17 heavy (non-hydrogen) atoms. The van der Waals surface area contributed by atoms with Crippen LogP contribution in [0.3, 0.4) is 0 Å². The van der Waals surface area contributed by atoms with Crippen LogP contribution >= 0.6 is 11.8 Å². The number of halogens is 1. The van der Waals surface area contributed by atoms with Crippen LogP contribution in [-0.2, 0) is 0 Å². The Morgan fingerprint density at radius 2 is 2.18 bits per heavy atom. The molecule has 0 heterocycles. The lowest BCUT2D eigenvalue weighted by Crippen LogP contribution is -2.12. The highest BCUT2D eigenvalue weighted by molar-refractivity contribution is 7.99. The minimum Gasteiger partial charge on any atom is -0.398 e. The number of nitrogens with two attached hydrogens (primary N) is 1. The maximum Gasteiger partial charge on any atom is 0.125 e. The highest BCUT2D eigenvalue weighted by Gasteiger charge is 2.39. The molecular weight excluding hydrogens is 233 g/mol. The highest BCUT2D eigenvalue weighted by Crippen LogP contribution is 2.49. The van der Waals surface area contributed by atoms with Crippen molar-refractivity contribution >= 4 is 17.4 Å². The number of benzene rings is 1. The van der Waals surface area contributed by atoms with Crippen LogP contribution in [0.5, 0.6) is 0 Å². The fourth-order valence-corrected chi connectivity index (χ4v) is 4.62. The van der Waals surface area contributed by atoms with Crippen molar-refractivity contribution in [3.8, 4) is 0 Å². The second-order valence-electron chi connectivity index (χ2n) is 5.43. The van der Waals surface area contributed by atoms with Crippen molar-refractivity contribution in [2.45, 2.75) is 30.6 Å². The molecule has 1 aromatic carbocycles. The van der Waals surface area contributed by atoms with Gasteiger partial charge in [0.25, 0.3) is 0 Å². The van der Waals surface area contributed by atoms with E-state index in [-0.39, 0.29) is 5.82 Å². The van der Waals surface area contributed by atoms with Crippen LogP contribution in [0.25, 0.3) is 0 Å². The Balaban J connectivity index is 1.60. The van der Waals surface area contributed by atoms with Crippen LogP contribution < -0.4 is 5.73 Å². The SMILES string of the molecule is Nc1cc(F)ccc1SCC1CC2CCC1C2. The summed E-state index contributed by atoms with van der Waals surface area (Å²) in [5, 5.41) is 0. The van der Waals surface area contributed by atoms with Gasteiger partial charge in [-0.2, -0.15) is 0 Å². The Labute approximate surface area is 106 Å². The molecule has 2 fully saturated rings. The first-order valence-corrected chi connectivity index (χ1v) is 7.39. The van der Waals surface area contributed by atoms with Gasteiger partial charge in [0.05, 0.1) is 0 Å². The zero-order chi connectivity index (χ0) is 11.8. The Hall–Kier alpha value is -0.700. The summed E-state index contributed by atoms with van der Waals surface area (Å²) in [6.45, 7) is 0. The Bertz CT molecular complexity index is 421. The van der Waals surface area contributed by atoms with Gasteiger partial charge in [-0.05, 0) is 55.2 Å². The first kappa shape index (κ1) is 11.4. The van der Waals surface area contributed by atoms with E-state index in [1.54, 1.807) is 11.8 Å². The molecule has 0 radical (unpaired) electrons. The van der Waals surface area contributed by atoms with Gasteiger partial charge in [0.2, 0.25) is 0 Å². The third kappa shape index (κ3) is 2.30. The maximum atomic E-state index is 12.9. The maximum absolute atomic E-state index is 12.9. The summed E-state index contributed by atoms with van der Waals surface area (Å²) in [5.74, 6) is 3.72. The number of fused-ring (bicyclic) bond motifs is 2. The van der Waals surface area contributed by atoms with Crippen molar-refractivity contribution in [3.63, 3.8) is 0 Å². The van der Waals surface area contributed by atoms with E-state index in [0.29, 0.717) is 5.69 Å². The molecule has 2 N–H and O–H groups in total. The minimum atomic E-state index is -0.244. The summed E-state index contributed by atoms with van der Waals surface area (Å²) in [6.07, 6.45) is 5.72. The fraction of sp³-hybridized carbons (Fsp3) is 0.571. The first-order valence-electron chi connectivity index (χ1n) is 6.40. The summed E-state index contributed by atoms with van der Waals surface area (Å²) >= 11 is 1.80. The molecule has 3 heteroatoms. The van der Waals surface area contributed by atoms with Crippen LogP contribution in [-0.4, -0.2) is 5.75 Å². The molecule has 3 atom stereocenters. The van der Waals surface area contributed by atoms with Crippen molar-refractivity contribution in [2.24, 2.45) is 17.8 Å². The lowest BCUT2D eigenvalue weighted by molar-refractivity contribution is 0.365. The highest BCUT2D eigenvalue weighted by atomic mass is 32.2. The Morgan fingerprint density at radius 3 is 2.82 bits per heavy atom. The van der Waals surface area contributed by atoms with Gasteiger partial charge in [0.15, 0.2) is 0 Å². The van der Waals surface area contributed by atoms with Gasteiger partial charge in [-0.25, -0.2) is 4.39 Å². The summed E-state index contributed by atoms with van der Waals surface area (Å²) in [5.41, 5.74) is 6.40. The number of nitrogen functional groups attached to an aromatic ring is 1. The minimum absolute atomic E-state index is 0.244. The van der Waals surface area contributed by atoms with E-state index in [9.17, 15) is 4.39 Å². The van der Waals surface area contributed by atoms with Gasteiger partial charge >= 0.3 is 0 Å². The van der Waals surface area contributed by atoms with E-state index in [2.05, 4.69) is 0 Å². The molecule has 0 amide bonds. The van der Waals surface area contributed by atoms with Crippen molar-refractivity contribution < 1.29 is 4.39 Å². The monoisotopic (exact) mass is 251 g/mol. The van der Waals surface area contributed by atoms with Crippen LogP contribution in [0.1, 0.15) is 25.7 Å². The van der Waals surface area contributed by atoms with Crippen molar-refractivity contribution in [1.82, 2.24) is 0 Å². The summed E-state index contributed by atoms with van der Waals surface area (Å²) < 4.78 is 12.9. The largest absolute Gasteiger partial charge is 0.398 e. The zero-order valence-corrected chi connectivity index (χ0v) is 10.7. The quantitative estimate of drug-likeness (QED) is 0.650. The molecule has 2 aliphatic carbocycles. The molecule has 92 valence electrons. The van der Waals surface area contributed by atoms with Crippen LogP contribution in [0.4, 0.5) is 10.1 Å². The number of thioether (sulfide) groups is 1. The summed E-state index contributed by atoms with van der Waals surface area (Å²) in [4.78, 5) is 1.04. The third-order valence-electron chi connectivity index (χ3n) is 4.31. The number of rotatable bonds is 3. The molecule has 0 aromatic heterocycles. The standard InChI is InChI=1S/C14H18FNS/c15-12-3-4-14(13(16)7-12)17-8-11-6-9-1-2-10(11)5-9/h3-4,7,9-11H,1-2,5-6,8,16H2. The molecular formula is C14H18FNS. The molecule has 3 unspecified atom stereocenters. The first-order chi connectivity index (χ1) is 8.22. The van der Waals surface area contributed by atoms with Gasteiger partial charge in [-0.1, -0.05) is 6.42 Å². The average Bonchev–Trinajstić information content (AvgIpc) is 2.89. The van der Waals surface area contributed by atoms with Crippen molar-refractivity contribution in [1.29, 1.82) is 0 Å². The predicted octanol–water partition coefficient (Wildman–Crippen LogP) is 3.94. The van der Waals surface area contributed by atoms with E-state index in [1.165, 1.54) is 37.8 Å². The number of hydrogen-bond acceptors (Lipinski definition) is 2. The van der Waals surface area contributed by atoms with E-state index in [0.717, 1.165) is 28.4 Å². The normalized spacial score (nSPS) is 31.0. The van der Waals surface area contributed by atoms with Gasteiger partial charge in [0.1, 0.15) is 5.82 Å². The number of anilines is 1. The Kier molecular flexibility index (Phi) is 3.03. The molecule has 0 saturated heterocycles. The second kappa shape index (κ2) is 4.52. The van der Waals surface area contributed by atoms with Gasteiger partial charge < -0.3 is 5.73 Å². The van der Waals surface area contributed by atoms with Crippen molar-refractivity contribution in [2.75, 3.05) is 11.5 Å². The fourth-order valence-electron chi connectivity index (χ4n) is 3.43. The van der Waals surface area contributed by atoms with E-state index < -0.39 is 0 Å². The van der Waals surface area contributed by atoms with E-state index in [4.69, 9.17) is 5.73 Å². The van der Waals surface area contributed by atoms with Gasteiger partial charge in [0, 0.05) is 16.3 Å². The zero-order valence-electron chi connectivity index (χ0n) is 9.86. The third-order valence-corrected chi connectivity index (χ3v) is 5.59. The Morgan fingerprint density at radius 1 is 1.29 bits per heavy atom. The second-order valence-corrected chi connectivity index (χ2v) is 6.49. The summed E-state index contributed by atoms with van der Waals surface area (Å²) in [6, 6.07) is 4.73. The van der Waals surface area contributed by atoms with Crippen LogP contribution in [0.15, 0.2) is 23.1 Å². The lowest BCUT2D eigenvalue weighted by atomic mass is 9.90. The predicted molar refractivity (Wildman–Crippen MR) is 70.5 cm³/mol. The summed E-state index contributed by atoms with van der Waals surface area (Å²) in [7, 11) is 0. The molecule has 0 spiro atoms. The number of hydrogen-bond donors (Lipinski definition) is 1. The molecule has 1 nitrogen and oxygen atoms in total. The average molecular weight is 251 g/mol. The molecule has 2 bridgehead atoms. The lowest BCUT2D eigenvalue weighted by Gasteiger charge is -2.21. The molecule has 2 aliphatic rings. The van der Waals surface area contributed by atoms with Crippen LogP contribution in [0, 0.1) is 23.6 Å². The van der Waals surface area contributed by atoms with E-state index in [1.807, 2.05) is 6.07 Å². The van der Waals surface area contributed by atoms with Gasteiger partial charge in [-0.3, -0.25) is 0 Å². The molecule has 3 rings (SSSR count). The molecule has 2 saturated carbocycles. The van der Waals surface area contributed by atoms with Gasteiger partial charge in [-0.15, -0.1) is 11.8 Å². The molecule has 0 aliphatic heterocycles.